The van der Waals surface area contributed by atoms with Gasteiger partial charge in [-0.3, -0.25) is 9.59 Å². The molecule has 1 amide bonds. The molecule has 0 radical (unpaired) electrons. The lowest BCUT2D eigenvalue weighted by molar-refractivity contribution is -0.140. The zero-order valence-electron chi connectivity index (χ0n) is 11.9. The molecule has 0 saturated carbocycles. The normalized spacial score (nSPS) is 18.5. The summed E-state index contributed by atoms with van der Waals surface area (Å²) in [5.41, 5.74) is 0.174. The number of methoxy groups -OCH3 is 1. The molecule has 7 heteroatoms. The van der Waals surface area contributed by atoms with Gasteiger partial charge in [-0.2, -0.15) is 0 Å². The molecule has 1 aliphatic rings. The molecular formula is C15H15ClFNO3S. The van der Waals surface area contributed by atoms with Crippen LogP contribution in [0.15, 0.2) is 24.3 Å². The number of hydrogen-bond acceptors (Lipinski definition) is 4. The highest BCUT2D eigenvalue weighted by atomic mass is 35.5. The first-order valence-electron chi connectivity index (χ1n) is 6.63. The standard InChI is InChI=1S/C15H15ClFNO3S/c1-21-15(20)13-9-18(7-8-22-13)14(19)6-5-10-11(16)3-2-4-12(10)17/h2-6,13H,7-9H2,1H3/b6-5+/t13-/m1/s1. The van der Waals surface area contributed by atoms with Crippen LogP contribution in [0.2, 0.25) is 5.02 Å². The Morgan fingerprint density at radius 1 is 1.50 bits per heavy atom. The Bertz CT molecular complexity index is 588. The van der Waals surface area contributed by atoms with E-state index < -0.39 is 5.82 Å². The Morgan fingerprint density at radius 2 is 2.27 bits per heavy atom. The minimum atomic E-state index is -0.488. The van der Waals surface area contributed by atoms with Gasteiger partial charge < -0.3 is 9.64 Å². The molecular weight excluding hydrogens is 329 g/mol. The number of esters is 1. The third-order valence-electron chi connectivity index (χ3n) is 3.23. The minimum Gasteiger partial charge on any atom is -0.468 e. The Labute approximate surface area is 137 Å². The number of hydrogen-bond donors (Lipinski definition) is 0. The average Bonchev–Trinajstić information content (AvgIpc) is 2.53. The van der Waals surface area contributed by atoms with Crippen molar-refractivity contribution in [3.63, 3.8) is 0 Å². The number of thioether (sulfide) groups is 1. The SMILES string of the molecule is COC(=O)[C@H]1CN(C(=O)/C=C/c2c(F)cccc2Cl)CCS1. The van der Waals surface area contributed by atoms with Crippen molar-refractivity contribution in [1.82, 2.24) is 4.90 Å². The molecule has 22 heavy (non-hydrogen) atoms. The molecule has 0 unspecified atom stereocenters. The molecule has 1 heterocycles. The quantitative estimate of drug-likeness (QED) is 0.625. The van der Waals surface area contributed by atoms with Crippen LogP contribution in [0.25, 0.3) is 6.08 Å². The first kappa shape index (κ1) is 16.8. The maximum Gasteiger partial charge on any atom is 0.320 e. The van der Waals surface area contributed by atoms with Gasteiger partial charge in [-0.05, 0) is 18.2 Å². The van der Waals surface area contributed by atoms with Gasteiger partial charge in [0.25, 0.3) is 0 Å². The minimum absolute atomic E-state index is 0.174. The highest BCUT2D eigenvalue weighted by molar-refractivity contribution is 8.00. The van der Waals surface area contributed by atoms with E-state index in [2.05, 4.69) is 0 Å². The zero-order valence-corrected chi connectivity index (χ0v) is 13.5. The molecule has 1 aromatic rings. The molecule has 0 spiro atoms. The predicted octanol–water partition coefficient (Wildman–Crippen LogP) is 2.61. The van der Waals surface area contributed by atoms with Gasteiger partial charge in [-0.1, -0.05) is 17.7 Å². The first-order chi connectivity index (χ1) is 10.5. The summed E-state index contributed by atoms with van der Waals surface area (Å²) in [4.78, 5) is 25.2. The van der Waals surface area contributed by atoms with Crippen molar-refractivity contribution in [2.45, 2.75) is 5.25 Å². The fraction of sp³-hybridized carbons (Fsp3) is 0.333. The number of amides is 1. The van der Waals surface area contributed by atoms with Gasteiger partial charge in [-0.15, -0.1) is 11.8 Å². The summed E-state index contributed by atoms with van der Waals surface area (Å²) in [5, 5.41) is -0.140. The van der Waals surface area contributed by atoms with Gasteiger partial charge in [0, 0.05) is 30.5 Å². The summed E-state index contributed by atoms with van der Waals surface area (Å²) in [5.74, 6) is -0.463. The van der Waals surface area contributed by atoms with Crippen LogP contribution < -0.4 is 0 Å². The third kappa shape index (κ3) is 4.01. The van der Waals surface area contributed by atoms with Crippen molar-refractivity contribution < 1.29 is 18.7 Å². The maximum atomic E-state index is 13.6. The second-order valence-electron chi connectivity index (χ2n) is 4.64. The fourth-order valence-corrected chi connectivity index (χ4v) is 3.41. The van der Waals surface area contributed by atoms with E-state index >= 15 is 0 Å². The second-order valence-corrected chi connectivity index (χ2v) is 6.35. The molecule has 1 atom stereocenters. The lowest BCUT2D eigenvalue weighted by Crippen LogP contribution is -2.44. The first-order valence-corrected chi connectivity index (χ1v) is 8.06. The maximum absolute atomic E-state index is 13.6. The molecule has 0 bridgehead atoms. The Balaban J connectivity index is 2.05. The summed E-state index contributed by atoms with van der Waals surface area (Å²) in [7, 11) is 1.32. The van der Waals surface area contributed by atoms with E-state index in [0.29, 0.717) is 12.3 Å². The highest BCUT2D eigenvalue weighted by Crippen LogP contribution is 2.22. The van der Waals surface area contributed by atoms with Crippen molar-refractivity contribution in [2.75, 3.05) is 26.0 Å². The van der Waals surface area contributed by atoms with Crippen LogP contribution >= 0.6 is 23.4 Å². The van der Waals surface area contributed by atoms with Crippen LogP contribution in [0.3, 0.4) is 0 Å². The van der Waals surface area contributed by atoms with E-state index in [1.807, 2.05) is 0 Å². The van der Waals surface area contributed by atoms with Gasteiger partial charge in [0.05, 0.1) is 12.1 Å². The van der Waals surface area contributed by atoms with E-state index in [4.69, 9.17) is 16.3 Å². The number of ether oxygens (including phenoxy) is 1. The molecule has 2 rings (SSSR count). The Morgan fingerprint density at radius 3 is 2.95 bits per heavy atom. The van der Waals surface area contributed by atoms with E-state index in [9.17, 15) is 14.0 Å². The number of carbonyl (C=O) groups excluding carboxylic acids is 2. The summed E-state index contributed by atoms with van der Waals surface area (Å²) in [6, 6.07) is 4.33. The molecule has 1 aliphatic heterocycles. The molecule has 0 aromatic heterocycles. The van der Waals surface area contributed by atoms with Gasteiger partial charge in [0.1, 0.15) is 11.1 Å². The lowest BCUT2D eigenvalue weighted by Gasteiger charge is -2.30. The monoisotopic (exact) mass is 343 g/mol. The van der Waals surface area contributed by atoms with Crippen LogP contribution in [-0.4, -0.2) is 48.0 Å². The van der Waals surface area contributed by atoms with Gasteiger partial charge in [-0.25, -0.2) is 4.39 Å². The second kappa shape index (κ2) is 7.65. The topological polar surface area (TPSA) is 46.6 Å². The molecule has 1 fully saturated rings. The predicted molar refractivity (Wildman–Crippen MR) is 85.3 cm³/mol. The Hall–Kier alpha value is -1.53. The van der Waals surface area contributed by atoms with E-state index in [0.717, 1.165) is 0 Å². The summed E-state index contributed by atoms with van der Waals surface area (Å²) in [6.45, 7) is 0.817. The summed E-state index contributed by atoms with van der Waals surface area (Å²) in [6.07, 6.45) is 2.63. The number of carbonyl (C=O) groups is 2. The van der Waals surface area contributed by atoms with E-state index in [-0.39, 0.29) is 34.3 Å². The molecule has 4 nitrogen and oxygen atoms in total. The third-order valence-corrected chi connectivity index (χ3v) is 4.73. The Kier molecular flexibility index (Phi) is 5.85. The smallest absolute Gasteiger partial charge is 0.320 e. The molecule has 0 aliphatic carbocycles. The van der Waals surface area contributed by atoms with Crippen LogP contribution in [0.1, 0.15) is 5.56 Å². The van der Waals surface area contributed by atoms with Crippen LogP contribution in [0, 0.1) is 5.82 Å². The summed E-state index contributed by atoms with van der Waals surface area (Å²) < 4.78 is 18.3. The zero-order chi connectivity index (χ0) is 16.1. The van der Waals surface area contributed by atoms with Crippen LogP contribution in [-0.2, 0) is 14.3 Å². The van der Waals surface area contributed by atoms with Gasteiger partial charge >= 0.3 is 5.97 Å². The molecule has 118 valence electrons. The van der Waals surface area contributed by atoms with Crippen LogP contribution in [0.4, 0.5) is 4.39 Å². The lowest BCUT2D eigenvalue weighted by atomic mass is 10.2. The number of nitrogens with zero attached hydrogens (tertiary/aromatic N) is 1. The average molecular weight is 344 g/mol. The molecule has 1 aromatic carbocycles. The number of benzene rings is 1. The molecule has 1 saturated heterocycles. The van der Waals surface area contributed by atoms with Gasteiger partial charge in [0.15, 0.2) is 0 Å². The van der Waals surface area contributed by atoms with Crippen molar-refractivity contribution in [3.05, 3.63) is 40.7 Å². The van der Waals surface area contributed by atoms with Crippen LogP contribution in [0.5, 0.6) is 0 Å². The van der Waals surface area contributed by atoms with Crippen molar-refractivity contribution in [1.29, 1.82) is 0 Å². The summed E-state index contributed by atoms with van der Waals surface area (Å²) >= 11 is 7.36. The number of halogens is 2. The van der Waals surface area contributed by atoms with E-state index in [1.54, 1.807) is 11.0 Å². The number of rotatable bonds is 3. The van der Waals surface area contributed by atoms with Crippen molar-refractivity contribution in [2.24, 2.45) is 0 Å². The van der Waals surface area contributed by atoms with Crippen molar-refractivity contribution >= 4 is 41.3 Å². The molecule has 0 N–H and O–H groups in total. The van der Waals surface area contributed by atoms with Crippen molar-refractivity contribution in [3.8, 4) is 0 Å². The fourth-order valence-electron chi connectivity index (χ4n) is 2.05. The highest BCUT2D eigenvalue weighted by Gasteiger charge is 2.28. The van der Waals surface area contributed by atoms with Gasteiger partial charge in [0.2, 0.25) is 5.91 Å². The largest absolute Gasteiger partial charge is 0.468 e. The van der Waals surface area contributed by atoms with E-state index in [1.165, 1.54) is 43.2 Å².